The highest BCUT2D eigenvalue weighted by Gasteiger charge is 2.21. The average Bonchev–Trinajstić information content (AvgIpc) is 3.01. The third-order valence-corrected chi connectivity index (χ3v) is 7.91. The Labute approximate surface area is 248 Å². The third-order valence-electron chi connectivity index (χ3n) is 7.67. The van der Waals surface area contributed by atoms with E-state index in [2.05, 4.69) is 16.7 Å². The van der Waals surface area contributed by atoms with Crippen molar-refractivity contribution in [2.24, 2.45) is 0 Å². The summed E-state index contributed by atoms with van der Waals surface area (Å²) in [4.78, 5) is 18.0. The first-order valence-corrected chi connectivity index (χ1v) is 14.3. The number of fused-ring (bicyclic) bond motifs is 3. The van der Waals surface area contributed by atoms with Gasteiger partial charge < -0.3 is 29.3 Å². The van der Waals surface area contributed by atoms with Crippen LogP contribution in [0.2, 0.25) is 5.02 Å². The fourth-order valence-electron chi connectivity index (χ4n) is 5.68. The molecule has 3 aromatic carbocycles. The van der Waals surface area contributed by atoms with Crippen LogP contribution in [0.15, 0.2) is 63.8 Å². The average molecular weight is 586 g/mol. The summed E-state index contributed by atoms with van der Waals surface area (Å²) in [6.45, 7) is 1.46. The third kappa shape index (κ3) is 5.18. The largest absolute Gasteiger partial charge is 0.493 e. The summed E-state index contributed by atoms with van der Waals surface area (Å²) < 4.78 is 22.4. The molecule has 0 fully saturated rings. The van der Waals surface area contributed by atoms with Crippen LogP contribution in [0.3, 0.4) is 0 Å². The van der Waals surface area contributed by atoms with E-state index < -0.39 is 0 Å². The zero-order chi connectivity index (χ0) is 29.2. The first kappa shape index (κ1) is 27.7. The van der Waals surface area contributed by atoms with Gasteiger partial charge in [-0.25, -0.2) is 0 Å². The van der Waals surface area contributed by atoms with Crippen molar-refractivity contribution in [1.82, 2.24) is 4.98 Å². The number of benzene rings is 3. The van der Waals surface area contributed by atoms with E-state index in [1.807, 2.05) is 36.4 Å². The number of pyridine rings is 1. The maximum Gasteiger partial charge on any atom is 0.204 e. The Balaban J connectivity index is 1.18. The minimum Gasteiger partial charge on any atom is -0.493 e. The molecule has 1 aliphatic carbocycles. The van der Waals surface area contributed by atoms with Gasteiger partial charge in [-0.2, -0.15) is 0 Å². The van der Waals surface area contributed by atoms with Crippen LogP contribution >= 0.6 is 11.6 Å². The van der Waals surface area contributed by atoms with Gasteiger partial charge in [-0.3, -0.25) is 9.78 Å². The Morgan fingerprint density at radius 2 is 1.64 bits per heavy atom. The van der Waals surface area contributed by atoms with Crippen LogP contribution in [-0.4, -0.2) is 39.4 Å². The van der Waals surface area contributed by atoms with Crippen molar-refractivity contribution in [3.8, 4) is 28.6 Å². The molecule has 1 aliphatic rings. The van der Waals surface area contributed by atoms with E-state index in [9.17, 15) is 4.79 Å². The minimum atomic E-state index is -0.231. The Morgan fingerprint density at radius 1 is 0.881 bits per heavy atom. The number of halogens is 1. The predicted molar refractivity (Wildman–Crippen MR) is 168 cm³/mol. The van der Waals surface area contributed by atoms with Gasteiger partial charge in [0.25, 0.3) is 0 Å². The number of aromatic nitrogens is 1. The number of rotatable bonds is 9. The van der Waals surface area contributed by atoms with E-state index in [4.69, 9.17) is 35.2 Å². The molecule has 216 valence electrons. The molecule has 0 radical (unpaired) electrons. The van der Waals surface area contributed by atoms with Crippen molar-refractivity contribution in [2.45, 2.75) is 25.7 Å². The highest BCUT2D eigenvalue weighted by molar-refractivity contribution is 6.31. The number of methoxy groups -OCH3 is 3. The van der Waals surface area contributed by atoms with Crippen LogP contribution in [0.25, 0.3) is 33.2 Å². The van der Waals surface area contributed by atoms with Gasteiger partial charge in [0.1, 0.15) is 16.7 Å². The molecule has 9 heteroatoms. The summed E-state index contributed by atoms with van der Waals surface area (Å²) in [6, 6.07) is 16.8. The van der Waals surface area contributed by atoms with Crippen LogP contribution in [-0.2, 0) is 12.8 Å². The molecule has 8 nitrogen and oxygen atoms in total. The van der Waals surface area contributed by atoms with Gasteiger partial charge in [0, 0.05) is 58.3 Å². The van der Waals surface area contributed by atoms with Gasteiger partial charge in [0.2, 0.25) is 5.75 Å². The molecule has 0 aliphatic heterocycles. The molecule has 0 atom stereocenters. The highest BCUT2D eigenvalue weighted by Crippen LogP contribution is 2.43. The van der Waals surface area contributed by atoms with Crippen molar-refractivity contribution in [3.05, 3.63) is 81.1 Å². The van der Waals surface area contributed by atoms with Gasteiger partial charge in [-0.1, -0.05) is 11.6 Å². The predicted octanol–water partition coefficient (Wildman–Crippen LogP) is 7.09. The Morgan fingerprint density at radius 3 is 2.40 bits per heavy atom. The molecule has 0 saturated carbocycles. The van der Waals surface area contributed by atoms with E-state index in [-0.39, 0.29) is 11.2 Å². The monoisotopic (exact) mass is 585 g/mol. The number of nitrogens with zero attached hydrogens (tertiary/aromatic N) is 1. The van der Waals surface area contributed by atoms with Crippen molar-refractivity contribution in [2.75, 3.05) is 45.1 Å². The standard InChI is InChI=1S/C33H32ClN3O5/c1-39-29-18-28-30(33(41-3)32(29)40-2)26(38)17-27(42-28)19-8-11-21(12-9-19)35-14-15-36-31-22-6-4-5-7-24(22)37-25-16-20(34)10-13-23(25)31/h8-13,16-18,35H,4-7,14-15H2,1-3H3,(H,36,37). The topological polar surface area (TPSA) is 94.9 Å². The number of hydrogen-bond donors (Lipinski definition) is 2. The lowest BCUT2D eigenvalue weighted by Crippen LogP contribution is -2.17. The molecule has 0 amide bonds. The summed E-state index contributed by atoms with van der Waals surface area (Å²) in [7, 11) is 4.50. The first-order valence-electron chi connectivity index (χ1n) is 14.0. The van der Waals surface area contributed by atoms with E-state index >= 15 is 0 Å². The highest BCUT2D eigenvalue weighted by atomic mass is 35.5. The van der Waals surface area contributed by atoms with Crippen molar-refractivity contribution < 1.29 is 18.6 Å². The van der Waals surface area contributed by atoms with Crippen LogP contribution < -0.4 is 30.3 Å². The zero-order valence-electron chi connectivity index (χ0n) is 23.8. The molecular formula is C33H32ClN3O5. The number of ether oxygens (including phenoxy) is 3. The molecule has 0 spiro atoms. The smallest absolute Gasteiger partial charge is 0.204 e. The molecule has 0 bridgehead atoms. The quantitative estimate of drug-likeness (QED) is 0.177. The molecule has 6 rings (SSSR count). The van der Waals surface area contributed by atoms with Crippen LogP contribution in [0, 0.1) is 0 Å². The SMILES string of the molecule is COc1cc2oc(-c3ccc(NCCNc4c5c(nc6cc(Cl)ccc46)CCCC5)cc3)cc(=O)c2c(OC)c1OC. The number of hydrogen-bond acceptors (Lipinski definition) is 8. The van der Waals surface area contributed by atoms with E-state index in [0.29, 0.717) is 33.3 Å². The minimum absolute atomic E-state index is 0.231. The lowest BCUT2D eigenvalue weighted by Gasteiger charge is -2.22. The molecular weight excluding hydrogens is 554 g/mol. The summed E-state index contributed by atoms with van der Waals surface area (Å²) >= 11 is 6.26. The summed E-state index contributed by atoms with van der Waals surface area (Å²) in [5.74, 6) is 1.49. The molecule has 0 saturated heterocycles. The summed E-state index contributed by atoms with van der Waals surface area (Å²) in [5, 5.41) is 9.25. The van der Waals surface area contributed by atoms with E-state index in [0.717, 1.165) is 48.1 Å². The fraction of sp³-hybridized carbons (Fsp3) is 0.273. The number of aryl methyl sites for hydroxylation is 1. The van der Waals surface area contributed by atoms with Crippen molar-refractivity contribution in [1.29, 1.82) is 0 Å². The second-order valence-corrected chi connectivity index (χ2v) is 10.6. The lowest BCUT2D eigenvalue weighted by molar-refractivity contribution is 0.326. The zero-order valence-corrected chi connectivity index (χ0v) is 24.6. The maximum absolute atomic E-state index is 13.1. The Bertz CT molecular complexity index is 1840. The number of nitrogens with one attached hydrogen (secondary N) is 2. The maximum atomic E-state index is 13.1. The molecule has 5 aromatic rings. The number of anilines is 2. The van der Waals surface area contributed by atoms with Gasteiger partial charge in [0.15, 0.2) is 16.9 Å². The van der Waals surface area contributed by atoms with Gasteiger partial charge >= 0.3 is 0 Å². The van der Waals surface area contributed by atoms with Crippen LogP contribution in [0.4, 0.5) is 11.4 Å². The molecule has 0 unspecified atom stereocenters. The van der Waals surface area contributed by atoms with E-state index in [1.54, 1.807) is 6.07 Å². The van der Waals surface area contributed by atoms with Gasteiger partial charge in [-0.05, 0) is 73.7 Å². The molecule has 2 N–H and O–H groups in total. The second-order valence-electron chi connectivity index (χ2n) is 10.2. The van der Waals surface area contributed by atoms with Gasteiger partial charge in [-0.15, -0.1) is 0 Å². The molecule has 2 heterocycles. The molecule has 2 aromatic heterocycles. The normalized spacial score (nSPS) is 12.7. The van der Waals surface area contributed by atoms with Crippen molar-refractivity contribution >= 4 is 44.8 Å². The molecule has 42 heavy (non-hydrogen) atoms. The first-order chi connectivity index (χ1) is 20.5. The van der Waals surface area contributed by atoms with Crippen molar-refractivity contribution in [3.63, 3.8) is 0 Å². The van der Waals surface area contributed by atoms with Crippen LogP contribution in [0.5, 0.6) is 17.2 Å². The van der Waals surface area contributed by atoms with Gasteiger partial charge in [0.05, 0.1) is 26.8 Å². The summed E-state index contributed by atoms with van der Waals surface area (Å²) in [5.41, 5.74) is 6.47. The fourth-order valence-corrected chi connectivity index (χ4v) is 5.84. The lowest BCUT2D eigenvalue weighted by atomic mass is 9.92. The second kappa shape index (κ2) is 11.8. The van der Waals surface area contributed by atoms with Crippen LogP contribution in [0.1, 0.15) is 24.1 Å². The Hall–Kier alpha value is -4.43. The summed E-state index contributed by atoms with van der Waals surface area (Å²) in [6.07, 6.45) is 4.39. The Kier molecular flexibility index (Phi) is 7.80. The van der Waals surface area contributed by atoms with E-state index in [1.165, 1.54) is 57.2 Å².